The lowest BCUT2D eigenvalue weighted by Gasteiger charge is -2.20. The number of aliphatic carboxylic acids is 1. The number of halogens is 1. The van der Waals surface area contributed by atoms with Gasteiger partial charge in [-0.2, -0.15) is 0 Å². The molecule has 0 fully saturated rings. The number of alkyl carbamates (subject to hydrolysis) is 1. The number of esters is 1. The Morgan fingerprint density at radius 2 is 1.57 bits per heavy atom. The summed E-state index contributed by atoms with van der Waals surface area (Å²) in [4.78, 5) is 36.8. The number of benzene rings is 3. The van der Waals surface area contributed by atoms with Gasteiger partial charge in [-0.25, -0.2) is 14.4 Å². The van der Waals surface area contributed by atoms with Gasteiger partial charge in [0.1, 0.15) is 18.2 Å². The Morgan fingerprint density at radius 1 is 0.973 bits per heavy atom. The van der Waals surface area contributed by atoms with Crippen molar-refractivity contribution in [2.45, 2.75) is 44.8 Å². The minimum atomic E-state index is -1.25. The summed E-state index contributed by atoms with van der Waals surface area (Å²) in [7, 11) is 0. The zero-order valence-corrected chi connectivity index (χ0v) is 21.5. The number of carboxylic acid groups (broad SMARTS) is 1. The molecule has 8 heteroatoms. The van der Waals surface area contributed by atoms with Gasteiger partial charge in [0.25, 0.3) is 0 Å². The van der Waals surface area contributed by atoms with Crippen LogP contribution in [0.25, 0.3) is 11.1 Å². The topological polar surface area (TPSA) is 102 Å². The molecule has 7 nitrogen and oxygen atoms in total. The first-order chi connectivity index (χ1) is 17.5. The number of hydrogen-bond donors (Lipinski definition) is 2. The number of carbonyl (C=O) groups excluding carboxylic acids is 2. The third kappa shape index (κ3) is 6.12. The van der Waals surface area contributed by atoms with Gasteiger partial charge >= 0.3 is 18.0 Å². The Labute approximate surface area is 220 Å². The average Bonchev–Trinajstić information content (AvgIpc) is 3.15. The summed E-state index contributed by atoms with van der Waals surface area (Å²) in [5.74, 6) is -1.93. The fourth-order valence-electron chi connectivity index (χ4n) is 4.40. The Balaban J connectivity index is 1.40. The Morgan fingerprint density at radius 3 is 2.11 bits per heavy atom. The molecule has 0 unspecified atom stereocenters. The quantitative estimate of drug-likeness (QED) is 0.379. The van der Waals surface area contributed by atoms with Gasteiger partial charge in [0.15, 0.2) is 0 Å². The highest BCUT2D eigenvalue weighted by molar-refractivity contribution is 6.33. The molecule has 1 atom stereocenters. The van der Waals surface area contributed by atoms with E-state index in [-0.39, 0.29) is 29.5 Å². The largest absolute Gasteiger partial charge is 0.480 e. The molecule has 4 rings (SSSR count). The lowest BCUT2D eigenvalue weighted by molar-refractivity contribution is -0.139. The van der Waals surface area contributed by atoms with Crippen LogP contribution in [0, 0.1) is 0 Å². The van der Waals surface area contributed by atoms with Crippen molar-refractivity contribution in [1.29, 1.82) is 0 Å². The molecule has 1 aliphatic carbocycles. The van der Waals surface area contributed by atoms with Crippen LogP contribution < -0.4 is 5.32 Å². The van der Waals surface area contributed by atoms with Crippen LogP contribution in [0.1, 0.15) is 53.7 Å². The van der Waals surface area contributed by atoms with E-state index in [9.17, 15) is 19.5 Å². The second-order valence-corrected chi connectivity index (χ2v) is 10.3. The molecule has 0 heterocycles. The number of carbonyl (C=O) groups is 3. The molecular formula is C29H28ClNO6. The van der Waals surface area contributed by atoms with Crippen LogP contribution in [0.5, 0.6) is 0 Å². The van der Waals surface area contributed by atoms with E-state index in [4.69, 9.17) is 21.1 Å². The molecular weight excluding hydrogens is 494 g/mol. The van der Waals surface area contributed by atoms with E-state index in [1.807, 2.05) is 48.5 Å². The van der Waals surface area contributed by atoms with E-state index in [1.54, 1.807) is 26.8 Å². The van der Waals surface area contributed by atoms with Crippen LogP contribution in [0.15, 0.2) is 66.7 Å². The summed E-state index contributed by atoms with van der Waals surface area (Å²) in [6.45, 7) is 5.32. The summed E-state index contributed by atoms with van der Waals surface area (Å²) in [6.07, 6.45) is -0.876. The summed E-state index contributed by atoms with van der Waals surface area (Å²) in [6, 6.07) is 19.2. The van der Waals surface area contributed by atoms with Gasteiger partial charge in [-0.05, 0) is 60.7 Å². The number of rotatable bonds is 7. The Bertz CT molecular complexity index is 1300. The highest BCUT2D eigenvalue weighted by atomic mass is 35.5. The second-order valence-electron chi connectivity index (χ2n) is 9.88. The van der Waals surface area contributed by atoms with Crippen molar-refractivity contribution < 1.29 is 29.0 Å². The first kappa shape index (κ1) is 26.2. The minimum Gasteiger partial charge on any atom is -0.480 e. The molecule has 1 amide bonds. The smallest absolute Gasteiger partial charge is 0.407 e. The van der Waals surface area contributed by atoms with E-state index in [1.165, 1.54) is 12.1 Å². The standard InChI is InChI=1S/C29H28ClNO6/c1-29(2,3)37-27(34)22-13-12-17(14-24(22)30)15-25(26(32)33)31-28(35)36-16-23-20-10-6-4-8-18(20)19-9-5-7-11-21(19)23/h4-14,23,25H,15-16H2,1-3H3,(H,31,35)(H,32,33)/t25-/m0/s1. The molecule has 3 aromatic carbocycles. The molecule has 0 spiro atoms. The van der Waals surface area contributed by atoms with Crippen LogP contribution in [0.2, 0.25) is 5.02 Å². The van der Waals surface area contributed by atoms with E-state index in [2.05, 4.69) is 5.32 Å². The van der Waals surface area contributed by atoms with E-state index in [0.29, 0.717) is 5.56 Å². The summed E-state index contributed by atoms with van der Waals surface area (Å²) < 4.78 is 10.8. The third-order valence-corrected chi connectivity index (χ3v) is 6.34. The molecule has 2 N–H and O–H groups in total. The van der Waals surface area contributed by atoms with Crippen LogP contribution in [-0.4, -0.2) is 41.4 Å². The molecule has 3 aromatic rings. The van der Waals surface area contributed by atoms with Gasteiger partial charge in [0.2, 0.25) is 0 Å². The minimum absolute atomic E-state index is 0.0478. The summed E-state index contributed by atoms with van der Waals surface area (Å²) in [5.41, 5.74) is 4.35. The average molecular weight is 522 g/mol. The predicted molar refractivity (Wildman–Crippen MR) is 140 cm³/mol. The molecule has 0 aliphatic heterocycles. The molecule has 1 aliphatic rings. The van der Waals surface area contributed by atoms with E-state index < -0.39 is 29.7 Å². The molecule has 0 saturated heterocycles. The first-order valence-electron chi connectivity index (χ1n) is 11.9. The van der Waals surface area contributed by atoms with Crippen molar-refractivity contribution in [3.05, 3.63) is 94.0 Å². The maximum atomic E-state index is 12.6. The predicted octanol–water partition coefficient (Wildman–Crippen LogP) is 5.83. The highest BCUT2D eigenvalue weighted by Gasteiger charge is 2.30. The maximum absolute atomic E-state index is 12.6. The van der Waals surface area contributed by atoms with Gasteiger partial charge in [-0.3, -0.25) is 0 Å². The summed E-state index contributed by atoms with van der Waals surface area (Å²) >= 11 is 6.27. The van der Waals surface area contributed by atoms with Crippen molar-refractivity contribution in [3.8, 4) is 11.1 Å². The highest BCUT2D eigenvalue weighted by Crippen LogP contribution is 2.44. The van der Waals surface area contributed by atoms with Crippen molar-refractivity contribution in [3.63, 3.8) is 0 Å². The number of fused-ring (bicyclic) bond motifs is 3. The number of hydrogen-bond acceptors (Lipinski definition) is 5. The van der Waals surface area contributed by atoms with E-state index >= 15 is 0 Å². The molecule has 0 saturated carbocycles. The van der Waals surface area contributed by atoms with Crippen LogP contribution in [0.4, 0.5) is 4.79 Å². The Hall–Kier alpha value is -3.84. The van der Waals surface area contributed by atoms with Crippen molar-refractivity contribution in [2.24, 2.45) is 0 Å². The van der Waals surface area contributed by atoms with Crippen molar-refractivity contribution in [2.75, 3.05) is 6.61 Å². The molecule has 0 radical (unpaired) electrons. The molecule has 0 bridgehead atoms. The SMILES string of the molecule is CC(C)(C)OC(=O)c1ccc(C[C@H](NC(=O)OCC2c3ccccc3-c3ccccc32)C(=O)O)cc1Cl. The van der Waals surface area contributed by atoms with Gasteiger partial charge in [-0.1, -0.05) is 66.2 Å². The van der Waals surface area contributed by atoms with Crippen LogP contribution >= 0.6 is 11.6 Å². The lowest BCUT2D eigenvalue weighted by atomic mass is 9.98. The zero-order valence-electron chi connectivity index (χ0n) is 20.8. The van der Waals surface area contributed by atoms with Gasteiger partial charge in [0.05, 0.1) is 10.6 Å². The van der Waals surface area contributed by atoms with Crippen molar-refractivity contribution >= 4 is 29.6 Å². The monoisotopic (exact) mass is 521 g/mol. The van der Waals surface area contributed by atoms with Gasteiger partial charge in [-0.15, -0.1) is 0 Å². The third-order valence-electron chi connectivity index (χ3n) is 6.03. The van der Waals surface area contributed by atoms with Crippen LogP contribution in [0.3, 0.4) is 0 Å². The number of carboxylic acids is 1. The second kappa shape index (κ2) is 10.6. The number of ether oxygens (including phenoxy) is 2. The van der Waals surface area contributed by atoms with Crippen LogP contribution in [-0.2, 0) is 20.7 Å². The fraction of sp³-hybridized carbons (Fsp3) is 0.276. The van der Waals surface area contributed by atoms with Gasteiger partial charge in [0, 0.05) is 12.3 Å². The van der Waals surface area contributed by atoms with Gasteiger partial charge < -0.3 is 19.9 Å². The molecule has 37 heavy (non-hydrogen) atoms. The van der Waals surface area contributed by atoms with Crippen molar-refractivity contribution in [1.82, 2.24) is 5.32 Å². The normalized spacial score (nSPS) is 13.3. The lowest BCUT2D eigenvalue weighted by Crippen LogP contribution is -2.42. The van der Waals surface area contributed by atoms with E-state index in [0.717, 1.165) is 22.3 Å². The Kier molecular flexibility index (Phi) is 7.55. The zero-order chi connectivity index (χ0) is 26.7. The molecule has 192 valence electrons. The number of amides is 1. The fourth-order valence-corrected chi connectivity index (χ4v) is 4.68. The maximum Gasteiger partial charge on any atom is 0.407 e. The number of nitrogens with one attached hydrogen (secondary N) is 1. The molecule has 0 aromatic heterocycles. The first-order valence-corrected chi connectivity index (χ1v) is 12.3. The summed E-state index contributed by atoms with van der Waals surface area (Å²) in [5, 5.41) is 12.3.